The molecule has 1 aromatic heterocycles. The second-order valence-electron chi connectivity index (χ2n) is 4.81. The second kappa shape index (κ2) is 7.01. The quantitative estimate of drug-likeness (QED) is 0.477. The average Bonchev–Trinajstić information content (AvgIpc) is 2.92. The standard InChI is InChI=1S/C17H14FNO2S/c1-11(2)21-17(20)12(10-19)9-13-7-8-16(22-13)14-5-3-4-6-15(14)18/h3-9,11H,1-2H3/b12-9+. The Hall–Kier alpha value is -2.45. The maximum Gasteiger partial charge on any atom is 0.349 e. The van der Waals surface area contributed by atoms with Gasteiger partial charge in [0.15, 0.2) is 0 Å². The Balaban J connectivity index is 2.28. The highest BCUT2D eigenvalue weighted by Crippen LogP contribution is 2.31. The van der Waals surface area contributed by atoms with E-state index in [1.807, 2.05) is 6.07 Å². The van der Waals surface area contributed by atoms with Crippen LogP contribution in [-0.4, -0.2) is 12.1 Å². The smallest absolute Gasteiger partial charge is 0.349 e. The van der Waals surface area contributed by atoms with E-state index < -0.39 is 5.97 Å². The van der Waals surface area contributed by atoms with Gasteiger partial charge in [-0.05, 0) is 38.1 Å². The Morgan fingerprint density at radius 1 is 1.32 bits per heavy atom. The molecule has 5 heteroatoms. The Bertz CT molecular complexity index is 756. The van der Waals surface area contributed by atoms with Gasteiger partial charge in [0.1, 0.15) is 17.5 Å². The first-order chi connectivity index (χ1) is 10.5. The summed E-state index contributed by atoms with van der Waals surface area (Å²) in [7, 11) is 0. The molecule has 0 unspecified atom stereocenters. The molecule has 0 saturated heterocycles. The number of carbonyl (C=O) groups is 1. The van der Waals surface area contributed by atoms with E-state index in [2.05, 4.69) is 0 Å². The van der Waals surface area contributed by atoms with Gasteiger partial charge >= 0.3 is 5.97 Å². The topological polar surface area (TPSA) is 50.1 Å². The van der Waals surface area contributed by atoms with E-state index >= 15 is 0 Å². The van der Waals surface area contributed by atoms with Crippen molar-refractivity contribution in [2.45, 2.75) is 20.0 Å². The Labute approximate surface area is 132 Å². The minimum absolute atomic E-state index is 0.0735. The number of hydrogen-bond donors (Lipinski definition) is 0. The molecule has 3 nitrogen and oxygen atoms in total. The van der Waals surface area contributed by atoms with Crippen LogP contribution in [0.2, 0.25) is 0 Å². The average molecular weight is 315 g/mol. The molecule has 22 heavy (non-hydrogen) atoms. The Morgan fingerprint density at radius 2 is 2.05 bits per heavy atom. The van der Waals surface area contributed by atoms with Gasteiger partial charge in [0, 0.05) is 15.3 Å². The number of nitrogens with zero attached hydrogens (tertiary/aromatic N) is 1. The third-order valence-electron chi connectivity index (χ3n) is 2.74. The largest absolute Gasteiger partial charge is 0.459 e. The van der Waals surface area contributed by atoms with Gasteiger partial charge in [-0.1, -0.05) is 18.2 Å². The van der Waals surface area contributed by atoms with Crippen molar-refractivity contribution < 1.29 is 13.9 Å². The van der Waals surface area contributed by atoms with Crippen LogP contribution < -0.4 is 0 Å². The minimum atomic E-state index is -0.654. The number of halogens is 1. The third-order valence-corrected chi connectivity index (χ3v) is 3.80. The van der Waals surface area contributed by atoms with E-state index in [4.69, 9.17) is 10.00 Å². The summed E-state index contributed by atoms with van der Waals surface area (Å²) >= 11 is 1.30. The van der Waals surface area contributed by atoms with Gasteiger partial charge in [-0.15, -0.1) is 11.3 Å². The lowest BCUT2D eigenvalue weighted by Gasteiger charge is -2.05. The molecule has 0 aliphatic heterocycles. The van der Waals surface area contributed by atoms with Crippen molar-refractivity contribution in [2.75, 3.05) is 0 Å². The fourth-order valence-corrected chi connectivity index (χ4v) is 2.77. The molecule has 0 N–H and O–H groups in total. The molecule has 0 radical (unpaired) electrons. The van der Waals surface area contributed by atoms with Gasteiger partial charge in [0.05, 0.1) is 6.10 Å². The summed E-state index contributed by atoms with van der Waals surface area (Å²) in [4.78, 5) is 13.2. The molecule has 1 heterocycles. The van der Waals surface area contributed by atoms with Crippen molar-refractivity contribution in [1.29, 1.82) is 5.26 Å². The lowest BCUT2D eigenvalue weighted by molar-refractivity contribution is -0.142. The molecule has 112 valence electrons. The molecule has 0 saturated carbocycles. The molecule has 0 fully saturated rings. The van der Waals surface area contributed by atoms with Gasteiger partial charge in [-0.2, -0.15) is 5.26 Å². The predicted molar refractivity (Wildman–Crippen MR) is 84.5 cm³/mol. The molecular weight excluding hydrogens is 301 g/mol. The Kier molecular flexibility index (Phi) is 5.08. The highest BCUT2D eigenvalue weighted by Gasteiger charge is 2.13. The van der Waals surface area contributed by atoms with Gasteiger partial charge in [0.2, 0.25) is 0 Å². The van der Waals surface area contributed by atoms with Crippen molar-refractivity contribution in [3.63, 3.8) is 0 Å². The summed E-state index contributed by atoms with van der Waals surface area (Å²) < 4.78 is 18.8. The van der Waals surface area contributed by atoms with Gasteiger partial charge in [0.25, 0.3) is 0 Å². The zero-order chi connectivity index (χ0) is 16.1. The zero-order valence-electron chi connectivity index (χ0n) is 12.2. The van der Waals surface area contributed by atoms with Crippen LogP contribution in [0, 0.1) is 17.1 Å². The van der Waals surface area contributed by atoms with Gasteiger partial charge < -0.3 is 4.74 Å². The van der Waals surface area contributed by atoms with Crippen molar-refractivity contribution >= 4 is 23.4 Å². The monoisotopic (exact) mass is 315 g/mol. The summed E-state index contributed by atoms with van der Waals surface area (Å²) in [6, 6.07) is 11.8. The molecule has 0 aliphatic rings. The number of carbonyl (C=O) groups excluding carboxylic acids is 1. The number of thiophene rings is 1. The summed E-state index contributed by atoms with van der Waals surface area (Å²) in [5.74, 6) is -0.960. The van der Waals surface area contributed by atoms with E-state index in [9.17, 15) is 9.18 Å². The number of nitriles is 1. The summed E-state index contributed by atoms with van der Waals surface area (Å²) in [6.07, 6.45) is 1.17. The first kappa shape index (κ1) is 15.9. The van der Waals surface area contributed by atoms with Crippen LogP contribution in [0.4, 0.5) is 4.39 Å². The predicted octanol–water partition coefficient (Wildman–Crippen LogP) is 4.41. The van der Waals surface area contributed by atoms with Crippen molar-refractivity contribution in [1.82, 2.24) is 0 Å². The van der Waals surface area contributed by atoms with Crippen LogP contribution in [0.25, 0.3) is 16.5 Å². The first-order valence-corrected chi connectivity index (χ1v) is 7.50. The van der Waals surface area contributed by atoms with E-state index in [1.54, 1.807) is 44.2 Å². The summed E-state index contributed by atoms with van der Waals surface area (Å²) in [5.41, 5.74) is 0.422. The summed E-state index contributed by atoms with van der Waals surface area (Å²) in [5, 5.41) is 9.06. The van der Waals surface area contributed by atoms with Crippen LogP contribution in [0.5, 0.6) is 0 Å². The first-order valence-electron chi connectivity index (χ1n) is 6.68. The van der Waals surface area contributed by atoms with Gasteiger partial charge in [-0.3, -0.25) is 0 Å². The van der Waals surface area contributed by atoms with Crippen LogP contribution in [0.1, 0.15) is 18.7 Å². The van der Waals surface area contributed by atoms with Crippen LogP contribution in [0.3, 0.4) is 0 Å². The highest BCUT2D eigenvalue weighted by atomic mass is 32.1. The SMILES string of the molecule is CC(C)OC(=O)/C(C#N)=C/c1ccc(-c2ccccc2F)s1. The molecule has 2 aromatic rings. The number of benzene rings is 1. The zero-order valence-corrected chi connectivity index (χ0v) is 13.0. The van der Waals surface area contributed by atoms with Gasteiger partial charge in [-0.25, -0.2) is 9.18 Å². The third kappa shape index (κ3) is 3.80. The van der Waals surface area contributed by atoms with E-state index in [0.29, 0.717) is 10.4 Å². The molecule has 0 aliphatic carbocycles. The molecule has 0 amide bonds. The summed E-state index contributed by atoms with van der Waals surface area (Å²) in [6.45, 7) is 3.43. The molecule has 2 rings (SSSR count). The molecule has 0 spiro atoms. The van der Waals surface area contributed by atoms with E-state index in [1.165, 1.54) is 23.5 Å². The number of ether oxygens (including phenoxy) is 1. The fourth-order valence-electron chi connectivity index (χ4n) is 1.79. The van der Waals surface area contributed by atoms with Crippen molar-refractivity contribution in [2.24, 2.45) is 0 Å². The molecular formula is C17H14FNO2S. The lowest BCUT2D eigenvalue weighted by Crippen LogP contribution is -2.12. The molecule has 0 bridgehead atoms. The number of rotatable bonds is 4. The van der Waals surface area contributed by atoms with E-state index in [-0.39, 0.29) is 17.5 Å². The van der Waals surface area contributed by atoms with Crippen molar-refractivity contribution in [3.8, 4) is 16.5 Å². The second-order valence-corrected chi connectivity index (χ2v) is 5.92. The van der Waals surface area contributed by atoms with Crippen LogP contribution >= 0.6 is 11.3 Å². The highest BCUT2D eigenvalue weighted by molar-refractivity contribution is 7.16. The van der Waals surface area contributed by atoms with Crippen LogP contribution in [-0.2, 0) is 9.53 Å². The van der Waals surface area contributed by atoms with E-state index in [0.717, 1.165) is 4.88 Å². The lowest BCUT2D eigenvalue weighted by atomic mass is 10.2. The number of esters is 1. The maximum atomic E-state index is 13.7. The fraction of sp³-hybridized carbons (Fsp3) is 0.176. The normalized spacial score (nSPS) is 11.3. The van der Waals surface area contributed by atoms with Crippen LogP contribution in [0.15, 0.2) is 42.0 Å². The minimum Gasteiger partial charge on any atom is -0.459 e. The Morgan fingerprint density at radius 3 is 2.68 bits per heavy atom. The number of hydrogen-bond acceptors (Lipinski definition) is 4. The maximum absolute atomic E-state index is 13.7. The molecule has 0 atom stereocenters. The molecule has 1 aromatic carbocycles. The van der Waals surface area contributed by atoms with Crippen molar-refractivity contribution in [3.05, 3.63) is 52.7 Å².